The van der Waals surface area contributed by atoms with Crippen LogP contribution >= 0.6 is 0 Å². The van der Waals surface area contributed by atoms with Gasteiger partial charge in [-0.2, -0.15) is 0 Å². The SMILES string of the molecule is O=C(NNC(=O)c1cccc([N+](=O)[O-])c1)c1ccc(OCC2CCCO2)cc1. The van der Waals surface area contributed by atoms with Crippen molar-refractivity contribution in [2.75, 3.05) is 13.2 Å². The molecule has 1 heterocycles. The molecule has 1 unspecified atom stereocenters. The van der Waals surface area contributed by atoms with Crippen molar-refractivity contribution in [1.82, 2.24) is 10.9 Å². The van der Waals surface area contributed by atoms with E-state index < -0.39 is 16.7 Å². The molecule has 1 atom stereocenters. The van der Waals surface area contributed by atoms with E-state index in [1.54, 1.807) is 24.3 Å². The van der Waals surface area contributed by atoms with Crippen molar-refractivity contribution in [2.24, 2.45) is 0 Å². The number of hydrogen-bond acceptors (Lipinski definition) is 6. The van der Waals surface area contributed by atoms with Crippen molar-refractivity contribution in [2.45, 2.75) is 18.9 Å². The van der Waals surface area contributed by atoms with Gasteiger partial charge in [-0.3, -0.25) is 30.6 Å². The van der Waals surface area contributed by atoms with Gasteiger partial charge in [-0.05, 0) is 43.2 Å². The molecule has 2 N–H and O–H groups in total. The summed E-state index contributed by atoms with van der Waals surface area (Å²) in [5, 5.41) is 10.8. The number of nitro benzene ring substituents is 1. The standard InChI is InChI=1S/C19H19N3O6/c23-18(20-21-19(24)14-3-1-4-15(11-14)22(25)26)13-6-8-16(9-7-13)28-12-17-5-2-10-27-17/h1,3-4,6-9,11,17H,2,5,10,12H2,(H,20,23)(H,21,24). The van der Waals surface area contributed by atoms with Crippen LogP contribution in [0.4, 0.5) is 5.69 Å². The quantitative estimate of drug-likeness (QED) is 0.581. The molecule has 1 fully saturated rings. The maximum absolute atomic E-state index is 12.1. The zero-order valence-corrected chi connectivity index (χ0v) is 14.9. The summed E-state index contributed by atoms with van der Waals surface area (Å²) in [5.41, 5.74) is 4.68. The number of ether oxygens (including phenoxy) is 2. The zero-order valence-electron chi connectivity index (χ0n) is 14.9. The van der Waals surface area contributed by atoms with E-state index in [4.69, 9.17) is 9.47 Å². The molecule has 0 aromatic heterocycles. The molecule has 0 bridgehead atoms. The number of non-ortho nitro benzene ring substituents is 1. The molecule has 2 amide bonds. The van der Waals surface area contributed by atoms with Crippen LogP contribution in [0.15, 0.2) is 48.5 Å². The molecule has 9 heteroatoms. The highest BCUT2D eigenvalue weighted by Crippen LogP contribution is 2.17. The fourth-order valence-corrected chi connectivity index (χ4v) is 2.69. The number of carbonyl (C=O) groups excluding carboxylic acids is 2. The van der Waals surface area contributed by atoms with Gasteiger partial charge in [0.2, 0.25) is 0 Å². The molecule has 0 saturated carbocycles. The first-order chi connectivity index (χ1) is 13.5. The molecule has 1 aliphatic rings. The molecule has 2 aromatic rings. The van der Waals surface area contributed by atoms with Gasteiger partial charge in [0.05, 0.1) is 11.0 Å². The van der Waals surface area contributed by atoms with Gasteiger partial charge in [-0.15, -0.1) is 0 Å². The van der Waals surface area contributed by atoms with E-state index in [1.165, 1.54) is 18.2 Å². The van der Waals surface area contributed by atoms with Gasteiger partial charge in [-0.1, -0.05) is 6.07 Å². The Hall–Kier alpha value is -3.46. The minimum Gasteiger partial charge on any atom is -0.491 e. The smallest absolute Gasteiger partial charge is 0.270 e. The van der Waals surface area contributed by atoms with E-state index >= 15 is 0 Å². The van der Waals surface area contributed by atoms with E-state index in [2.05, 4.69) is 10.9 Å². The number of benzene rings is 2. The first-order valence-electron chi connectivity index (χ1n) is 8.72. The number of rotatable bonds is 6. The lowest BCUT2D eigenvalue weighted by atomic mass is 10.2. The number of hydrogen-bond donors (Lipinski definition) is 2. The van der Waals surface area contributed by atoms with Gasteiger partial charge >= 0.3 is 0 Å². The third kappa shape index (κ3) is 5.04. The lowest BCUT2D eigenvalue weighted by Gasteiger charge is -2.12. The summed E-state index contributed by atoms with van der Waals surface area (Å²) in [5.74, 6) is -0.564. The van der Waals surface area contributed by atoms with Crippen molar-refractivity contribution in [1.29, 1.82) is 0 Å². The van der Waals surface area contributed by atoms with Gasteiger partial charge < -0.3 is 9.47 Å². The highest BCUT2D eigenvalue weighted by molar-refractivity contribution is 5.99. The van der Waals surface area contributed by atoms with Crippen LogP contribution in [0.2, 0.25) is 0 Å². The average Bonchev–Trinajstić information content (AvgIpc) is 3.24. The van der Waals surface area contributed by atoms with Crippen molar-refractivity contribution >= 4 is 17.5 Å². The predicted octanol–water partition coefficient (Wildman–Crippen LogP) is 2.23. The normalized spacial score (nSPS) is 15.6. The molecular weight excluding hydrogens is 366 g/mol. The molecule has 146 valence electrons. The Morgan fingerprint density at radius 1 is 1.11 bits per heavy atom. The molecule has 28 heavy (non-hydrogen) atoms. The van der Waals surface area contributed by atoms with E-state index in [-0.39, 0.29) is 17.4 Å². The van der Waals surface area contributed by atoms with Crippen LogP contribution in [0.25, 0.3) is 0 Å². The second kappa shape index (κ2) is 8.96. The minimum atomic E-state index is -0.659. The minimum absolute atomic E-state index is 0.0624. The number of hydrazine groups is 1. The van der Waals surface area contributed by atoms with Crippen molar-refractivity contribution < 1.29 is 24.0 Å². The van der Waals surface area contributed by atoms with Crippen LogP contribution < -0.4 is 15.6 Å². The fourth-order valence-electron chi connectivity index (χ4n) is 2.69. The van der Waals surface area contributed by atoms with Crippen LogP contribution in [0, 0.1) is 10.1 Å². The molecule has 3 rings (SSSR count). The fraction of sp³-hybridized carbons (Fsp3) is 0.263. The number of carbonyl (C=O) groups is 2. The lowest BCUT2D eigenvalue weighted by molar-refractivity contribution is -0.384. The maximum atomic E-state index is 12.1. The Balaban J connectivity index is 1.50. The van der Waals surface area contributed by atoms with Gasteiger partial charge in [0.25, 0.3) is 17.5 Å². The predicted molar refractivity (Wildman–Crippen MR) is 98.9 cm³/mol. The summed E-state index contributed by atoms with van der Waals surface area (Å²) in [6.07, 6.45) is 2.12. The molecule has 0 radical (unpaired) electrons. The summed E-state index contributed by atoms with van der Waals surface area (Å²) in [4.78, 5) is 34.3. The van der Waals surface area contributed by atoms with Crippen LogP contribution in [-0.4, -0.2) is 36.1 Å². The topological polar surface area (TPSA) is 120 Å². The average molecular weight is 385 g/mol. The first-order valence-corrected chi connectivity index (χ1v) is 8.72. The van der Waals surface area contributed by atoms with Gasteiger partial charge in [0.15, 0.2) is 0 Å². The molecule has 1 aliphatic heterocycles. The monoisotopic (exact) mass is 385 g/mol. The number of nitrogens with zero attached hydrogens (tertiary/aromatic N) is 1. The van der Waals surface area contributed by atoms with Gasteiger partial charge in [-0.25, -0.2) is 0 Å². The van der Waals surface area contributed by atoms with E-state index in [9.17, 15) is 19.7 Å². The van der Waals surface area contributed by atoms with Crippen LogP contribution in [-0.2, 0) is 4.74 Å². The first kappa shape index (κ1) is 19.3. The molecule has 2 aromatic carbocycles. The Morgan fingerprint density at radius 3 is 2.46 bits per heavy atom. The van der Waals surface area contributed by atoms with Crippen LogP contribution in [0.1, 0.15) is 33.6 Å². The van der Waals surface area contributed by atoms with Gasteiger partial charge in [0.1, 0.15) is 12.4 Å². The summed E-state index contributed by atoms with van der Waals surface area (Å²) >= 11 is 0. The highest BCUT2D eigenvalue weighted by Gasteiger charge is 2.16. The molecule has 9 nitrogen and oxygen atoms in total. The zero-order chi connectivity index (χ0) is 19.9. The second-order valence-corrected chi connectivity index (χ2v) is 6.19. The Labute approximate surface area is 160 Å². The van der Waals surface area contributed by atoms with Crippen molar-refractivity contribution in [3.63, 3.8) is 0 Å². The molecular formula is C19H19N3O6. The summed E-state index contributed by atoms with van der Waals surface area (Å²) in [7, 11) is 0. The van der Waals surface area contributed by atoms with E-state index in [0.29, 0.717) is 17.9 Å². The van der Waals surface area contributed by atoms with E-state index in [0.717, 1.165) is 25.5 Å². The highest BCUT2D eigenvalue weighted by atomic mass is 16.6. The molecule has 0 spiro atoms. The number of amides is 2. The Bertz CT molecular complexity index is 862. The van der Waals surface area contributed by atoms with Gasteiger partial charge in [0, 0.05) is 29.9 Å². The Kier molecular flexibility index (Phi) is 6.18. The summed E-state index contributed by atoms with van der Waals surface area (Å²) in [6, 6.07) is 11.7. The lowest BCUT2D eigenvalue weighted by Crippen LogP contribution is -2.41. The third-order valence-electron chi connectivity index (χ3n) is 4.19. The second-order valence-electron chi connectivity index (χ2n) is 6.19. The number of nitro groups is 1. The van der Waals surface area contributed by atoms with E-state index in [1.807, 2.05) is 0 Å². The third-order valence-corrected chi connectivity index (χ3v) is 4.19. The molecule has 1 saturated heterocycles. The molecule has 0 aliphatic carbocycles. The summed E-state index contributed by atoms with van der Waals surface area (Å²) in [6.45, 7) is 1.22. The largest absolute Gasteiger partial charge is 0.491 e. The Morgan fingerprint density at radius 2 is 1.82 bits per heavy atom. The summed E-state index contributed by atoms with van der Waals surface area (Å²) < 4.78 is 11.1. The van der Waals surface area contributed by atoms with Crippen LogP contribution in [0.5, 0.6) is 5.75 Å². The van der Waals surface area contributed by atoms with Crippen molar-refractivity contribution in [3.8, 4) is 5.75 Å². The maximum Gasteiger partial charge on any atom is 0.270 e. The number of nitrogens with one attached hydrogen (secondary N) is 2. The van der Waals surface area contributed by atoms with Crippen LogP contribution in [0.3, 0.4) is 0 Å². The van der Waals surface area contributed by atoms with Crippen molar-refractivity contribution in [3.05, 3.63) is 69.8 Å².